The van der Waals surface area contributed by atoms with Crippen LogP contribution in [0.4, 0.5) is 4.39 Å². The Balaban J connectivity index is 2.45. The summed E-state index contributed by atoms with van der Waals surface area (Å²) in [4.78, 5) is 27.6. The highest BCUT2D eigenvalue weighted by Gasteiger charge is 2.32. The van der Waals surface area contributed by atoms with E-state index in [0.29, 0.717) is 17.5 Å². The number of aliphatic hydroxyl groups excluding tert-OH is 1. The third-order valence-electron chi connectivity index (χ3n) is 4.82. The predicted molar refractivity (Wildman–Crippen MR) is 118 cm³/mol. The van der Waals surface area contributed by atoms with Crippen molar-refractivity contribution < 1.29 is 27.5 Å². The standard InChI is InChI=1S/C22H28FN3O5S/c1-25(32(2,30)31)16-20(28)26(15-17-9-11-19(23)12-10-17)21(18-7-4-3-5-8-18)22(29)24-13-6-14-27/h3-5,7-12,21,27H,6,13-16H2,1-2H3,(H,24,29). The fraction of sp³-hybridized carbons (Fsp3) is 0.364. The number of likely N-dealkylation sites (N-methyl/N-ethyl adjacent to an activating group) is 1. The number of nitrogens with one attached hydrogen (secondary N) is 1. The first-order valence-corrected chi connectivity index (χ1v) is 11.9. The van der Waals surface area contributed by atoms with Crippen LogP contribution in [0, 0.1) is 5.82 Å². The summed E-state index contributed by atoms with van der Waals surface area (Å²) in [6.45, 7) is -0.398. The van der Waals surface area contributed by atoms with Crippen LogP contribution in [-0.4, -0.2) is 67.5 Å². The molecule has 8 nitrogen and oxygen atoms in total. The van der Waals surface area contributed by atoms with Gasteiger partial charge in [0.25, 0.3) is 0 Å². The second-order valence-corrected chi connectivity index (χ2v) is 9.44. The van der Waals surface area contributed by atoms with E-state index in [1.165, 1.54) is 36.2 Å². The first-order valence-electron chi connectivity index (χ1n) is 10.0. The van der Waals surface area contributed by atoms with Crippen molar-refractivity contribution in [2.45, 2.75) is 19.0 Å². The number of hydrogen-bond donors (Lipinski definition) is 2. The molecule has 0 saturated heterocycles. The van der Waals surface area contributed by atoms with Crippen LogP contribution in [0.3, 0.4) is 0 Å². The van der Waals surface area contributed by atoms with Gasteiger partial charge in [-0.1, -0.05) is 42.5 Å². The van der Waals surface area contributed by atoms with E-state index in [4.69, 9.17) is 5.11 Å². The maximum absolute atomic E-state index is 13.4. The van der Waals surface area contributed by atoms with Gasteiger partial charge in [0.2, 0.25) is 21.8 Å². The van der Waals surface area contributed by atoms with Gasteiger partial charge in [0.15, 0.2) is 0 Å². The summed E-state index contributed by atoms with van der Waals surface area (Å²) in [5.74, 6) is -1.50. The van der Waals surface area contributed by atoms with E-state index in [1.54, 1.807) is 30.3 Å². The van der Waals surface area contributed by atoms with Crippen molar-refractivity contribution in [2.24, 2.45) is 0 Å². The molecule has 0 bridgehead atoms. The van der Waals surface area contributed by atoms with Gasteiger partial charge in [-0.15, -0.1) is 0 Å². The lowest BCUT2D eigenvalue weighted by Crippen LogP contribution is -2.47. The number of halogens is 1. The zero-order valence-electron chi connectivity index (χ0n) is 18.1. The Hall–Kier alpha value is -2.82. The first kappa shape index (κ1) is 25.4. The van der Waals surface area contributed by atoms with Gasteiger partial charge < -0.3 is 15.3 Å². The number of hydrogen-bond acceptors (Lipinski definition) is 5. The summed E-state index contributed by atoms with van der Waals surface area (Å²) in [6.07, 6.45) is 1.33. The van der Waals surface area contributed by atoms with E-state index in [0.717, 1.165) is 10.6 Å². The van der Waals surface area contributed by atoms with E-state index in [9.17, 15) is 22.4 Å². The topological polar surface area (TPSA) is 107 Å². The number of amides is 2. The lowest BCUT2D eigenvalue weighted by atomic mass is 10.0. The zero-order chi connectivity index (χ0) is 23.7. The highest BCUT2D eigenvalue weighted by molar-refractivity contribution is 7.88. The van der Waals surface area contributed by atoms with Crippen molar-refractivity contribution in [3.8, 4) is 0 Å². The van der Waals surface area contributed by atoms with Crippen molar-refractivity contribution >= 4 is 21.8 Å². The Morgan fingerprint density at radius 3 is 2.28 bits per heavy atom. The fourth-order valence-corrected chi connectivity index (χ4v) is 3.35. The molecule has 2 amide bonds. The fourth-order valence-electron chi connectivity index (χ4n) is 3.00. The molecule has 32 heavy (non-hydrogen) atoms. The second-order valence-electron chi connectivity index (χ2n) is 7.35. The van der Waals surface area contributed by atoms with Gasteiger partial charge in [-0.3, -0.25) is 9.59 Å². The molecule has 2 N–H and O–H groups in total. The van der Waals surface area contributed by atoms with Gasteiger partial charge in [-0.05, 0) is 29.7 Å². The molecule has 174 valence electrons. The van der Waals surface area contributed by atoms with Crippen molar-refractivity contribution in [3.05, 3.63) is 71.5 Å². The Labute approximate surface area is 187 Å². The minimum absolute atomic E-state index is 0.0380. The van der Waals surface area contributed by atoms with E-state index < -0.39 is 40.2 Å². The predicted octanol–water partition coefficient (Wildman–Crippen LogP) is 1.29. The van der Waals surface area contributed by atoms with Gasteiger partial charge in [-0.2, -0.15) is 4.31 Å². The van der Waals surface area contributed by atoms with Gasteiger partial charge in [-0.25, -0.2) is 12.8 Å². The third kappa shape index (κ3) is 7.40. The third-order valence-corrected chi connectivity index (χ3v) is 6.08. The number of carbonyl (C=O) groups excluding carboxylic acids is 2. The van der Waals surface area contributed by atoms with Crippen LogP contribution in [0.15, 0.2) is 54.6 Å². The summed E-state index contributed by atoms with van der Waals surface area (Å²) in [7, 11) is -2.35. The van der Waals surface area contributed by atoms with E-state index in [2.05, 4.69) is 5.32 Å². The van der Waals surface area contributed by atoms with Crippen LogP contribution in [0.25, 0.3) is 0 Å². The number of nitrogens with zero attached hydrogens (tertiary/aromatic N) is 2. The molecular formula is C22H28FN3O5S. The summed E-state index contributed by atoms with van der Waals surface area (Å²) in [5, 5.41) is 11.7. The Bertz CT molecular complexity index is 1000. The van der Waals surface area contributed by atoms with Crippen LogP contribution in [0.1, 0.15) is 23.6 Å². The molecule has 0 aliphatic heterocycles. The largest absolute Gasteiger partial charge is 0.396 e. The average Bonchev–Trinajstić information content (AvgIpc) is 2.75. The zero-order valence-corrected chi connectivity index (χ0v) is 18.9. The quantitative estimate of drug-likeness (QED) is 0.487. The van der Waals surface area contributed by atoms with Gasteiger partial charge >= 0.3 is 0 Å². The van der Waals surface area contributed by atoms with Crippen LogP contribution < -0.4 is 5.32 Å². The molecule has 1 atom stereocenters. The van der Waals surface area contributed by atoms with Crippen LogP contribution >= 0.6 is 0 Å². The maximum Gasteiger partial charge on any atom is 0.247 e. The number of aliphatic hydroxyl groups is 1. The van der Waals surface area contributed by atoms with E-state index in [1.807, 2.05) is 0 Å². The van der Waals surface area contributed by atoms with E-state index in [-0.39, 0.29) is 19.7 Å². The monoisotopic (exact) mass is 465 g/mol. The molecule has 0 aromatic heterocycles. The SMILES string of the molecule is CN(CC(=O)N(Cc1ccc(F)cc1)C(C(=O)NCCCO)c1ccccc1)S(C)(=O)=O. The Morgan fingerprint density at radius 2 is 1.72 bits per heavy atom. The number of sulfonamides is 1. The Kier molecular flexibility index (Phi) is 9.30. The number of benzene rings is 2. The summed E-state index contributed by atoms with van der Waals surface area (Å²) in [6, 6.07) is 13.1. The molecule has 2 aromatic carbocycles. The minimum Gasteiger partial charge on any atom is -0.396 e. The molecule has 0 aliphatic rings. The molecule has 2 aromatic rings. The summed E-state index contributed by atoms with van der Waals surface area (Å²) >= 11 is 0. The minimum atomic E-state index is -3.63. The maximum atomic E-state index is 13.4. The number of carbonyl (C=O) groups is 2. The summed E-state index contributed by atoms with van der Waals surface area (Å²) < 4.78 is 38.0. The lowest BCUT2D eigenvalue weighted by Gasteiger charge is -2.32. The molecule has 0 radical (unpaired) electrons. The van der Waals surface area contributed by atoms with Crippen molar-refractivity contribution in [3.63, 3.8) is 0 Å². The molecule has 0 heterocycles. The average molecular weight is 466 g/mol. The molecule has 0 spiro atoms. The van der Waals surface area contributed by atoms with Gasteiger partial charge in [0, 0.05) is 26.7 Å². The molecule has 2 rings (SSSR count). The molecule has 0 saturated carbocycles. The number of rotatable bonds is 11. The van der Waals surface area contributed by atoms with Crippen LogP contribution in [0.5, 0.6) is 0 Å². The van der Waals surface area contributed by atoms with Gasteiger partial charge in [0.1, 0.15) is 11.9 Å². The normalized spacial score (nSPS) is 12.4. The van der Waals surface area contributed by atoms with Crippen molar-refractivity contribution in [1.82, 2.24) is 14.5 Å². The molecule has 10 heteroatoms. The summed E-state index contributed by atoms with van der Waals surface area (Å²) in [5.41, 5.74) is 1.11. The Morgan fingerprint density at radius 1 is 1.09 bits per heavy atom. The van der Waals surface area contributed by atoms with E-state index >= 15 is 0 Å². The highest BCUT2D eigenvalue weighted by atomic mass is 32.2. The molecular weight excluding hydrogens is 437 g/mol. The van der Waals surface area contributed by atoms with Crippen molar-refractivity contribution in [2.75, 3.05) is 33.0 Å². The van der Waals surface area contributed by atoms with Gasteiger partial charge in [0.05, 0.1) is 12.8 Å². The first-order chi connectivity index (χ1) is 15.1. The van der Waals surface area contributed by atoms with Crippen molar-refractivity contribution in [1.29, 1.82) is 0 Å². The molecule has 1 unspecified atom stereocenters. The highest BCUT2D eigenvalue weighted by Crippen LogP contribution is 2.24. The van der Waals surface area contributed by atoms with Crippen LogP contribution in [-0.2, 0) is 26.2 Å². The smallest absolute Gasteiger partial charge is 0.247 e. The van der Waals surface area contributed by atoms with Crippen LogP contribution in [0.2, 0.25) is 0 Å². The molecule has 0 fully saturated rings. The second kappa shape index (κ2) is 11.7. The molecule has 0 aliphatic carbocycles. The lowest BCUT2D eigenvalue weighted by molar-refractivity contribution is -0.141.